The van der Waals surface area contributed by atoms with Crippen LogP contribution in [0.2, 0.25) is 0 Å². The highest BCUT2D eigenvalue weighted by atomic mass is 16.3. The molecule has 27 heavy (non-hydrogen) atoms. The molecule has 0 bridgehead atoms. The van der Waals surface area contributed by atoms with Gasteiger partial charge < -0.3 is 9.73 Å². The number of benzene rings is 1. The lowest BCUT2D eigenvalue weighted by Gasteiger charge is -2.28. The normalized spacial score (nSPS) is 13.3. The van der Waals surface area contributed by atoms with Crippen LogP contribution in [0.15, 0.2) is 53.5 Å². The Balaban J connectivity index is 1.73. The number of furan rings is 1. The largest absolute Gasteiger partial charge is 0.466 e. The maximum atomic E-state index is 12.6. The Bertz CT molecular complexity index is 853. The van der Waals surface area contributed by atoms with E-state index in [9.17, 15) is 4.79 Å². The zero-order valence-electron chi connectivity index (χ0n) is 16.1. The van der Waals surface area contributed by atoms with Crippen LogP contribution >= 0.6 is 0 Å². The Morgan fingerprint density at radius 2 is 1.96 bits per heavy atom. The number of hydrogen-bond acceptors (Lipinski definition) is 4. The Hall–Kier alpha value is -2.89. The number of carbonyl (C=O) groups excluding carboxylic acids is 1. The molecule has 0 spiro atoms. The summed E-state index contributed by atoms with van der Waals surface area (Å²) in [5.74, 6) is 1.71. The predicted molar refractivity (Wildman–Crippen MR) is 103 cm³/mol. The van der Waals surface area contributed by atoms with Crippen molar-refractivity contribution < 1.29 is 9.21 Å². The lowest BCUT2D eigenvalue weighted by molar-refractivity contribution is -0.122. The van der Waals surface area contributed by atoms with Crippen LogP contribution in [0, 0.1) is 13.8 Å². The van der Waals surface area contributed by atoms with E-state index in [0.717, 1.165) is 23.5 Å². The second-order valence-electron chi connectivity index (χ2n) is 6.83. The maximum absolute atomic E-state index is 12.6. The summed E-state index contributed by atoms with van der Waals surface area (Å²) >= 11 is 0. The fourth-order valence-corrected chi connectivity index (χ4v) is 3.23. The Morgan fingerprint density at radius 1 is 1.19 bits per heavy atom. The summed E-state index contributed by atoms with van der Waals surface area (Å²) in [6.07, 6.45) is 4.99. The van der Waals surface area contributed by atoms with Gasteiger partial charge in [-0.3, -0.25) is 4.79 Å². The van der Waals surface area contributed by atoms with Crippen LogP contribution in [0.1, 0.15) is 48.5 Å². The van der Waals surface area contributed by atoms with Crippen LogP contribution in [-0.4, -0.2) is 26.7 Å². The van der Waals surface area contributed by atoms with Gasteiger partial charge in [0.1, 0.15) is 24.2 Å². The molecule has 0 saturated carbocycles. The van der Waals surface area contributed by atoms with Gasteiger partial charge in [-0.1, -0.05) is 36.8 Å². The molecule has 3 rings (SSSR count). The van der Waals surface area contributed by atoms with Gasteiger partial charge in [0.05, 0.1) is 12.1 Å². The van der Waals surface area contributed by atoms with E-state index in [1.54, 1.807) is 6.33 Å². The number of rotatable bonds is 8. The standard InChI is InChI=1S/C21H26N4O2/c1-4-19(24-20(26)12-11-18-10-7-16(3)27-18)21(25-14-22-13-23-25)17-8-5-15(2)6-9-17/h5-10,13-14,19,21H,4,11-12H2,1-3H3,(H,24,26)/t19-,21+/m1/s1. The van der Waals surface area contributed by atoms with Crippen LogP contribution in [0.25, 0.3) is 0 Å². The van der Waals surface area contributed by atoms with Gasteiger partial charge in [0.25, 0.3) is 0 Å². The fourth-order valence-electron chi connectivity index (χ4n) is 3.23. The summed E-state index contributed by atoms with van der Waals surface area (Å²) in [5.41, 5.74) is 2.29. The van der Waals surface area contributed by atoms with E-state index in [2.05, 4.69) is 53.5 Å². The molecule has 6 nitrogen and oxygen atoms in total. The van der Waals surface area contributed by atoms with E-state index in [-0.39, 0.29) is 18.0 Å². The van der Waals surface area contributed by atoms with Crippen molar-refractivity contribution in [2.24, 2.45) is 0 Å². The number of aryl methyl sites for hydroxylation is 3. The van der Waals surface area contributed by atoms with Gasteiger partial charge in [0.15, 0.2) is 0 Å². The summed E-state index contributed by atoms with van der Waals surface area (Å²) < 4.78 is 7.36. The minimum atomic E-state index is -0.104. The SMILES string of the molecule is CC[C@@H](NC(=O)CCc1ccc(C)o1)[C@H](c1ccc(C)cc1)n1cncn1. The van der Waals surface area contributed by atoms with E-state index >= 15 is 0 Å². The summed E-state index contributed by atoms with van der Waals surface area (Å²) in [4.78, 5) is 16.6. The number of carbonyl (C=O) groups is 1. The van der Waals surface area contributed by atoms with Crippen molar-refractivity contribution in [3.05, 3.63) is 71.7 Å². The monoisotopic (exact) mass is 366 g/mol. The molecule has 3 aromatic rings. The first-order valence-corrected chi connectivity index (χ1v) is 9.32. The van der Waals surface area contributed by atoms with Crippen molar-refractivity contribution in [3.63, 3.8) is 0 Å². The first-order valence-electron chi connectivity index (χ1n) is 9.32. The molecule has 0 fully saturated rings. The molecule has 2 heterocycles. The Morgan fingerprint density at radius 3 is 2.56 bits per heavy atom. The zero-order valence-corrected chi connectivity index (χ0v) is 16.1. The second kappa shape index (κ2) is 8.66. The summed E-state index contributed by atoms with van der Waals surface area (Å²) in [6, 6.07) is 12.0. The van der Waals surface area contributed by atoms with Gasteiger partial charge >= 0.3 is 0 Å². The molecule has 0 aliphatic carbocycles. The number of nitrogens with one attached hydrogen (secondary N) is 1. The molecule has 0 saturated heterocycles. The smallest absolute Gasteiger partial charge is 0.220 e. The van der Waals surface area contributed by atoms with Crippen molar-refractivity contribution in [1.29, 1.82) is 0 Å². The summed E-state index contributed by atoms with van der Waals surface area (Å²) in [7, 11) is 0. The van der Waals surface area contributed by atoms with Crippen LogP contribution < -0.4 is 5.32 Å². The van der Waals surface area contributed by atoms with E-state index in [0.29, 0.717) is 12.8 Å². The van der Waals surface area contributed by atoms with Gasteiger partial charge in [0.2, 0.25) is 5.91 Å². The van der Waals surface area contributed by atoms with Gasteiger partial charge in [-0.15, -0.1) is 0 Å². The van der Waals surface area contributed by atoms with Crippen molar-refractivity contribution >= 4 is 5.91 Å². The number of hydrogen-bond donors (Lipinski definition) is 1. The van der Waals surface area contributed by atoms with Crippen molar-refractivity contribution in [1.82, 2.24) is 20.1 Å². The quantitative estimate of drug-likeness (QED) is 0.661. The van der Waals surface area contributed by atoms with E-state index in [1.165, 1.54) is 11.9 Å². The first-order chi connectivity index (χ1) is 13.1. The number of aromatic nitrogens is 3. The molecule has 0 unspecified atom stereocenters. The van der Waals surface area contributed by atoms with Crippen LogP contribution in [0.4, 0.5) is 0 Å². The van der Waals surface area contributed by atoms with E-state index in [1.807, 2.05) is 23.7 Å². The molecule has 2 atom stereocenters. The average molecular weight is 366 g/mol. The highest BCUT2D eigenvalue weighted by molar-refractivity contribution is 5.76. The van der Waals surface area contributed by atoms with Crippen LogP contribution in [0.5, 0.6) is 0 Å². The molecule has 2 aromatic heterocycles. The topological polar surface area (TPSA) is 73.0 Å². The fraction of sp³-hybridized carbons (Fsp3) is 0.381. The highest BCUT2D eigenvalue weighted by Gasteiger charge is 2.26. The molecule has 1 N–H and O–H groups in total. The van der Waals surface area contributed by atoms with Gasteiger partial charge in [-0.05, 0) is 38.0 Å². The van der Waals surface area contributed by atoms with Gasteiger partial charge in [0, 0.05) is 12.8 Å². The molecule has 0 radical (unpaired) electrons. The van der Waals surface area contributed by atoms with Crippen LogP contribution in [0.3, 0.4) is 0 Å². The zero-order chi connectivity index (χ0) is 19.2. The van der Waals surface area contributed by atoms with Crippen molar-refractivity contribution in [2.45, 2.75) is 52.1 Å². The summed E-state index contributed by atoms with van der Waals surface area (Å²) in [6.45, 7) is 6.03. The predicted octanol–water partition coefficient (Wildman–Crippen LogP) is 3.60. The number of amides is 1. The third-order valence-corrected chi connectivity index (χ3v) is 4.70. The Kier molecular flexibility index (Phi) is 6.06. The molecule has 142 valence electrons. The minimum absolute atomic E-state index is 0.00753. The molecule has 1 aromatic carbocycles. The number of nitrogens with zero attached hydrogens (tertiary/aromatic N) is 3. The minimum Gasteiger partial charge on any atom is -0.466 e. The average Bonchev–Trinajstić information content (AvgIpc) is 3.33. The lowest BCUT2D eigenvalue weighted by Crippen LogP contribution is -2.41. The molecule has 1 amide bonds. The van der Waals surface area contributed by atoms with Crippen molar-refractivity contribution in [2.75, 3.05) is 0 Å². The van der Waals surface area contributed by atoms with Crippen LogP contribution in [-0.2, 0) is 11.2 Å². The van der Waals surface area contributed by atoms with E-state index in [4.69, 9.17) is 4.42 Å². The van der Waals surface area contributed by atoms with E-state index < -0.39 is 0 Å². The highest BCUT2D eigenvalue weighted by Crippen LogP contribution is 2.24. The molecule has 0 aliphatic heterocycles. The van der Waals surface area contributed by atoms with Crippen molar-refractivity contribution in [3.8, 4) is 0 Å². The maximum Gasteiger partial charge on any atom is 0.220 e. The van der Waals surface area contributed by atoms with Gasteiger partial charge in [-0.25, -0.2) is 9.67 Å². The first kappa shape index (κ1) is 18.9. The second-order valence-corrected chi connectivity index (χ2v) is 6.83. The molecule has 6 heteroatoms. The summed E-state index contributed by atoms with van der Waals surface area (Å²) in [5, 5.41) is 7.50. The third kappa shape index (κ3) is 4.84. The van der Waals surface area contributed by atoms with Gasteiger partial charge in [-0.2, -0.15) is 5.10 Å². The molecular formula is C21H26N4O2. The molecule has 0 aliphatic rings. The third-order valence-electron chi connectivity index (χ3n) is 4.70. The Labute approximate surface area is 159 Å². The molecular weight excluding hydrogens is 340 g/mol. The lowest BCUT2D eigenvalue weighted by atomic mass is 9.96.